The van der Waals surface area contributed by atoms with Gasteiger partial charge in [-0.2, -0.15) is 4.98 Å². The number of hydrogen-bond donors (Lipinski definition) is 1. The molecule has 184 valence electrons. The second kappa shape index (κ2) is 10.8. The standard InChI is InChI=1S/C25H27FN4O4S/c1-5-33-19-12-11-16(13-20(19)32-4)22-21(23(31)34-6-2)15(3)27-24-28-25(29-30(22)24)35-14-17-9-7-8-10-18(17)26/h7-13,22H,5-6,14H2,1-4H3,(H,27,28,29)/t22-/m1/s1. The van der Waals surface area contributed by atoms with Gasteiger partial charge in [-0.3, -0.25) is 0 Å². The first-order valence-electron chi connectivity index (χ1n) is 11.2. The lowest BCUT2D eigenvalue weighted by Crippen LogP contribution is -2.29. The van der Waals surface area contributed by atoms with Crippen molar-refractivity contribution in [2.75, 3.05) is 25.6 Å². The predicted molar refractivity (Wildman–Crippen MR) is 131 cm³/mol. The van der Waals surface area contributed by atoms with Gasteiger partial charge < -0.3 is 19.5 Å². The maximum atomic E-state index is 14.1. The van der Waals surface area contributed by atoms with Crippen molar-refractivity contribution in [2.24, 2.45) is 0 Å². The van der Waals surface area contributed by atoms with E-state index in [2.05, 4.69) is 15.4 Å². The van der Waals surface area contributed by atoms with E-state index in [0.29, 0.717) is 51.8 Å². The number of ether oxygens (including phenoxy) is 3. The zero-order chi connectivity index (χ0) is 24.9. The van der Waals surface area contributed by atoms with E-state index >= 15 is 0 Å². The molecule has 1 aliphatic heterocycles. The molecular weight excluding hydrogens is 471 g/mol. The normalized spacial score (nSPS) is 14.8. The van der Waals surface area contributed by atoms with Crippen molar-refractivity contribution >= 4 is 23.7 Å². The molecular formula is C25H27FN4O4S. The molecule has 1 atom stereocenters. The molecule has 0 aliphatic carbocycles. The number of anilines is 1. The minimum absolute atomic E-state index is 0.239. The molecule has 4 rings (SSSR count). The van der Waals surface area contributed by atoms with Crippen LogP contribution in [0.25, 0.3) is 0 Å². The van der Waals surface area contributed by atoms with Crippen LogP contribution in [0.4, 0.5) is 10.3 Å². The van der Waals surface area contributed by atoms with Gasteiger partial charge in [-0.15, -0.1) is 5.10 Å². The lowest BCUT2D eigenvalue weighted by molar-refractivity contribution is -0.139. The van der Waals surface area contributed by atoms with E-state index in [1.54, 1.807) is 43.8 Å². The molecule has 0 amide bonds. The van der Waals surface area contributed by atoms with Crippen molar-refractivity contribution in [3.05, 3.63) is 70.7 Å². The van der Waals surface area contributed by atoms with Crippen molar-refractivity contribution in [3.63, 3.8) is 0 Å². The number of allylic oxidation sites excluding steroid dienone is 1. The number of halogens is 1. The van der Waals surface area contributed by atoms with Crippen LogP contribution in [0.1, 0.15) is 37.9 Å². The van der Waals surface area contributed by atoms with Gasteiger partial charge in [0.15, 0.2) is 11.5 Å². The van der Waals surface area contributed by atoms with E-state index < -0.39 is 12.0 Å². The highest BCUT2D eigenvalue weighted by Gasteiger charge is 2.35. The number of carbonyl (C=O) groups is 1. The summed E-state index contributed by atoms with van der Waals surface area (Å²) in [4.78, 5) is 17.6. The largest absolute Gasteiger partial charge is 0.493 e. The van der Waals surface area contributed by atoms with Gasteiger partial charge in [-0.1, -0.05) is 36.0 Å². The fourth-order valence-corrected chi connectivity index (χ4v) is 4.68. The van der Waals surface area contributed by atoms with E-state index in [1.165, 1.54) is 17.8 Å². The Hall–Kier alpha value is -3.53. The van der Waals surface area contributed by atoms with Crippen molar-refractivity contribution in [2.45, 2.75) is 37.7 Å². The highest BCUT2D eigenvalue weighted by atomic mass is 32.2. The average molecular weight is 499 g/mol. The Labute approximate surface area is 207 Å². The van der Waals surface area contributed by atoms with Gasteiger partial charge in [0.05, 0.1) is 25.9 Å². The average Bonchev–Trinajstić information content (AvgIpc) is 3.25. The summed E-state index contributed by atoms with van der Waals surface area (Å²) in [5.74, 6) is 1.27. The molecule has 2 aromatic carbocycles. The fourth-order valence-electron chi connectivity index (χ4n) is 3.86. The fraction of sp³-hybridized carbons (Fsp3) is 0.320. The van der Waals surface area contributed by atoms with E-state index in [-0.39, 0.29) is 12.4 Å². The molecule has 1 aliphatic rings. The van der Waals surface area contributed by atoms with Crippen LogP contribution in [0.5, 0.6) is 11.5 Å². The number of aromatic nitrogens is 3. The number of nitrogens with zero attached hydrogens (tertiary/aromatic N) is 3. The van der Waals surface area contributed by atoms with Crippen LogP contribution >= 0.6 is 11.8 Å². The van der Waals surface area contributed by atoms with Crippen molar-refractivity contribution in [1.29, 1.82) is 0 Å². The third kappa shape index (κ3) is 5.12. The Balaban J connectivity index is 1.74. The number of carbonyl (C=O) groups excluding carboxylic acids is 1. The number of benzene rings is 2. The van der Waals surface area contributed by atoms with Gasteiger partial charge in [0.25, 0.3) is 0 Å². The molecule has 0 fully saturated rings. The summed E-state index contributed by atoms with van der Waals surface area (Å²) in [6, 6.07) is 11.5. The van der Waals surface area contributed by atoms with Crippen LogP contribution in [0.3, 0.4) is 0 Å². The Bertz CT molecular complexity index is 1260. The Kier molecular flexibility index (Phi) is 7.60. The molecule has 10 heteroatoms. The third-order valence-corrected chi connectivity index (χ3v) is 6.33. The molecule has 3 aromatic rings. The van der Waals surface area contributed by atoms with Gasteiger partial charge in [-0.05, 0) is 50.1 Å². The molecule has 35 heavy (non-hydrogen) atoms. The third-order valence-electron chi connectivity index (χ3n) is 5.45. The lowest BCUT2D eigenvalue weighted by atomic mass is 9.95. The van der Waals surface area contributed by atoms with Gasteiger partial charge >= 0.3 is 5.97 Å². The first-order valence-corrected chi connectivity index (χ1v) is 12.2. The molecule has 0 saturated heterocycles. The minimum atomic E-state index is -0.606. The predicted octanol–water partition coefficient (Wildman–Crippen LogP) is 4.97. The highest BCUT2D eigenvalue weighted by Crippen LogP contribution is 2.40. The molecule has 1 N–H and O–H groups in total. The molecule has 2 heterocycles. The molecule has 0 spiro atoms. The Morgan fingerprint density at radius 2 is 1.97 bits per heavy atom. The Morgan fingerprint density at radius 1 is 1.17 bits per heavy atom. The van der Waals surface area contributed by atoms with Gasteiger partial charge in [0.2, 0.25) is 11.1 Å². The molecule has 8 nitrogen and oxygen atoms in total. The van der Waals surface area contributed by atoms with E-state index in [1.807, 2.05) is 25.1 Å². The maximum Gasteiger partial charge on any atom is 0.338 e. The molecule has 0 unspecified atom stereocenters. The number of esters is 1. The smallest absolute Gasteiger partial charge is 0.338 e. The Morgan fingerprint density at radius 3 is 2.69 bits per heavy atom. The minimum Gasteiger partial charge on any atom is -0.493 e. The second-order valence-corrected chi connectivity index (χ2v) is 8.62. The van der Waals surface area contributed by atoms with Gasteiger partial charge in [-0.25, -0.2) is 13.9 Å². The van der Waals surface area contributed by atoms with Crippen LogP contribution in [0.15, 0.2) is 58.9 Å². The zero-order valence-electron chi connectivity index (χ0n) is 20.0. The number of hydrogen-bond acceptors (Lipinski definition) is 8. The monoisotopic (exact) mass is 498 g/mol. The summed E-state index contributed by atoms with van der Waals surface area (Å²) < 4.78 is 32.3. The van der Waals surface area contributed by atoms with Crippen molar-refractivity contribution in [1.82, 2.24) is 14.8 Å². The summed E-state index contributed by atoms with van der Waals surface area (Å²) in [6.45, 7) is 6.19. The van der Waals surface area contributed by atoms with Crippen LogP contribution in [-0.4, -0.2) is 41.1 Å². The maximum absolute atomic E-state index is 14.1. The second-order valence-electron chi connectivity index (χ2n) is 7.67. The van der Waals surface area contributed by atoms with E-state index in [4.69, 9.17) is 14.2 Å². The van der Waals surface area contributed by atoms with Crippen molar-refractivity contribution in [3.8, 4) is 11.5 Å². The van der Waals surface area contributed by atoms with Gasteiger partial charge in [0, 0.05) is 11.4 Å². The summed E-state index contributed by atoms with van der Waals surface area (Å²) in [6.07, 6.45) is 0. The van der Waals surface area contributed by atoms with E-state index in [0.717, 1.165) is 5.56 Å². The number of rotatable bonds is 9. The number of methoxy groups -OCH3 is 1. The van der Waals surface area contributed by atoms with Crippen LogP contribution < -0.4 is 14.8 Å². The van der Waals surface area contributed by atoms with E-state index in [9.17, 15) is 9.18 Å². The lowest BCUT2D eigenvalue weighted by Gasteiger charge is -2.28. The molecule has 0 saturated carbocycles. The van der Waals surface area contributed by atoms with Crippen LogP contribution in [0, 0.1) is 5.82 Å². The topological polar surface area (TPSA) is 87.5 Å². The number of nitrogens with one attached hydrogen (secondary N) is 1. The first-order chi connectivity index (χ1) is 17.0. The summed E-state index contributed by atoms with van der Waals surface area (Å²) in [5, 5.41) is 8.28. The summed E-state index contributed by atoms with van der Waals surface area (Å²) in [7, 11) is 1.57. The van der Waals surface area contributed by atoms with Gasteiger partial charge in [0.1, 0.15) is 11.9 Å². The summed E-state index contributed by atoms with van der Waals surface area (Å²) >= 11 is 1.31. The number of fused-ring (bicyclic) bond motifs is 1. The number of thioether (sulfide) groups is 1. The molecule has 0 radical (unpaired) electrons. The highest BCUT2D eigenvalue weighted by molar-refractivity contribution is 7.98. The van der Waals surface area contributed by atoms with Crippen molar-refractivity contribution < 1.29 is 23.4 Å². The summed E-state index contributed by atoms with van der Waals surface area (Å²) in [5.41, 5.74) is 2.35. The SMILES string of the molecule is CCOC(=O)C1=C(C)Nc2nc(SCc3ccccc3F)nn2[C@@H]1c1ccc(OCC)c(OC)c1. The quantitative estimate of drug-likeness (QED) is 0.327. The molecule has 0 bridgehead atoms. The first kappa shape index (κ1) is 24.6. The van der Waals surface area contributed by atoms with Crippen LogP contribution in [-0.2, 0) is 15.3 Å². The molecule has 1 aromatic heterocycles. The van der Waals surface area contributed by atoms with Crippen LogP contribution in [0.2, 0.25) is 0 Å². The zero-order valence-corrected chi connectivity index (χ0v) is 20.8.